The molecule has 0 aromatic rings. The Morgan fingerprint density at radius 1 is 1.00 bits per heavy atom. The maximum atomic E-state index is 11.3. The van der Waals surface area contributed by atoms with Gasteiger partial charge in [-0.15, -0.1) is 0 Å². The van der Waals surface area contributed by atoms with Gasteiger partial charge >= 0.3 is 11.9 Å². The number of hydrogen-bond acceptors (Lipinski definition) is 4. The van der Waals surface area contributed by atoms with E-state index in [0.717, 1.165) is 0 Å². The molecule has 0 bridgehead atoms. The van der Waals surface area contributed by atoms with Crippen molar-refractivity contribution in [2.24, 2.45) is 5.41 Å². The Hall–Kier alpha value is -1.58. The summed E-state index contributed by atoms with van der Waals surface area (Å²) in [6.07, 6.45) is 2.96. The summed E-state index contributed by atoms with van der Waals surface area (Å²) in [6.45, 7) is 3.25. The van der Waals surface area contributed by atoms with Crippen molar-refractivity contribution in [1.29, 1.82) is 0 Å². The molecule has 0 saturated carbocycles. The molecule has 68 valence electrons. The van der Waals surface area contributed by atoms with Crippen LogP contribution >= 0.6 is 0 Å². The molecule has 0 unspecified atom stereocenters. The summed E-state index contributed by atoms with van der Waals surface area (Å²) in [7, 11) is 0. The third-order valence-electron chi connectivity index (χ3n) is 2.04. The zero-order chi connectivity index (χ0) is 9.64. The topological polar surface area (TPSA) is 52.6 Å². The summed E-state index contributed by atoms with van der Waals surface area (Å²) < 4.78 is 9.59. The lowest BCUT2D eigenvalue weighted by Crippen LogP contribution is -2.30. The Kier molecular flexibility index (Phi) is 1.37. The molecule has 0 aromatic heterocycles. The van der Waals surface area contributed by atoms with E-state index in [-0.39, 0.29) is 0 Å². The summed E-state index contributed by atoms with van der Waals surface area (Å²) >= 11 is 0. The second-order valence-corrected chi connectivity index (χ2v) is 3.16. The van der Waals surface area contributed by atoms with E-state index in [9.17, 15) is 9.59 Å². The van der Waals surface area contributed by atoms with Crippen molar-refractivity contribution in [1.82, 2.24) is 0 Å². The number of cyclic esters (lactones) is 2. The van der Waals surface area contributed by atoms with Gasteiger partial charge in [0.15, 0.2) is 0 Å². The fraction of sp³-hybridized carbons (Fsp3) is 0.333. The third kappa shape index (κ3) is 0.915. The minimum atomic E-state index is -1.30. The molecule has 0 radical (unpaired) electrons. The number of esters is 2. The van der Waals surface area contributed by atoms with Crippen LogP contribution < -0.4 is 0 Å². The summed E-state index contributed by atoms with van der Waals surface area (Å²) in [6, 6.07) is 0. The first-order valence-electron chi connectivity index (χ1n) is 3.88. The van der Waals surface area contributed by atoms with Crippen LogP contribution in [0.15, 0.2) is 23.7 Å². The zero-order valence-corrected chi connectivity index (χ0v) is 7.29. The summed E-state index contributed by atoms with van der Waals surface area (Å²) in [5.41, 5.74) is -1.30. The Balaban J connectivity index is 2.52. The second kappa shape index (κ2) is 2.22. The highest BCUT2D eigenvalue weighted by Crippen LogP contribution is 2.39. The van der Waals surface area contributed by atoms with Crippen molar-refractivity contribution in [2.75, 3.05) is 0 Å². The van der Waals surface area contributed by atoms with Crippen molar-refractivity contribution < 1.29 is 19.1 Å². The number of carbonyl (C=O) groups is 2. The molecule has 2 rings (SSSR count). The normalized spacial score (nSPS) is 24.2. The van der Waals surface area contributed by atoms with Crippen LogP contribution in [0, 0.1) is 5.41 Å². The highest BCUT2D eigenvalue weighted by Gasteiger charge is 2.53. The van der Waals surface area contributed by atoms with E-state index < -0.39 is 17.4 Å². The third-order valence-corrected chi connectivity index (χ3v) is 2.04. The number of ether oxygens (including phenoxy) is 2. The molecule has 2 aliphatic rings. The van der Waals surface area contributed by atoms with E-state index in [2.05, 4.69) is 0 Å². The van der Waals surface area contributed by atoms with Gasteiger partial charge in [-0.2, -0.15) is 0 Å². The minimum absolute atomic E-state index is 0.438. The van der Waals surface area contributed by atoms with Crippen LogP contribution in [0.3, 0.4) is 0 Å². The van der Waals surface area contributed by atoms with Crippen LogP contribution in [0.2, 0.25) is 0 Å². The van der Waals surface area contributed by atoms with E-state index in [1.54, 1.807) is 13.8 Å². The van der Waals surface area contributed by atoms with Crippen LogP contribution in [0.4, 0.5) is 0 Å². The molecular weight excluding hydrogens is 172 g/mol. The van der Waals surface area contributed by atoms with E-state index in [4.69, 9.17) is 9.47 Å². The maximum absolute atomic E-state index is 11.3. The molecule has 0 fully saturated rings. The van der Waals surface area contributed by atoms with Gasteiger partial charge in [-0.1, -0.05) is 0 Å². The first-order chi connectivity index (χ1) is 6.04. The van der Waals surface area contributed by atoms with Crippen molar-refractivity contribution in [3.63, 3.8) is 0 Å². The van der Waals surface area contributed by atoms with E-state index in [0.29, 0.717) is 11.5 Å². The molecule has 0 amide bonds. The second-order valence-electron chi connectivity index (χ2n) is 3.16. The first kappa shape index (κ1) is 8.04. The predicted molar refractivity (Wildman–Crippen MR) is 42.1 cm³/mol. The van der Waals surface area contributed by atoms with Gasteiger partial charge in [-0.25, -0.2) is 9.59 Å². The van der Waals surface area contributed by atoms with E-state index in [1.165, 1.54) is 12.2 Å². The zero-order valence-electron chi connectivity index (χ0n) is 7.29. The van der Waals surface area contributed by atoms with Gasteiger partial charge in [0.25, 0.3) is 0 Å². The summed E-state index contributed by atoms with van der Waals surface area (Å²) in [4.78, 5) is 22.7. The molecule has 0 aliphatic carbocycles. The Labute approximate surface area is 74.8 Å². The predicted octanol–water partition coefficient (Wildman–Crippen LogP) is 0.894. The molecule has 0 N–H and O–H groups in total. The van der Waals surface area contributed by atoms with Gasteiger partial charge in [0, 0.05) is 0 Å². The fourth-order valence-corrected chi connectivity index (χ4v) is 1.52. The Bertz CT molecular complexity index is 326. The van der Waals surface area contributed by atoms with Crippen LogP contribution in [-0.4, -0.2) is 11.9 Å². The number of rotatable bonds is 0. The van der Waals surface area contributed by atoms with Crippen molar-refractivity contribution >= 4 is 11.9 Å². The average Bonchev–Trinajstić information content (AvgIpc) is 2.40. The van der Waals surface area contributed by atoms with Crippen LogP contribution in [0.5, 0.6) is 0 Å². The average molecular weight is 180 g/mol. The molecule has 0 saturated heterocycles. The largest absolute Gasteiger partial charge is 0.430 e. The first-order valence-corrected chi connectivity index (χ1v) is 3.88. The highest BCUT2D eigenvalue weighted by atomic mass is 16.6. The molecule has 2 heterocycles. The number of hydrogen-bond donors (Lipinski definition) is 0. The van der Waals surface area contributed by atoms with Crippen LogP contribution in [0.25, 0.3) is 0 Å². The number of allylic oxidation sites excluding steroid dienone is 2. The van der Waals surface area contributed by atoms with E-state index >= 15 is 0 Å². The molecule has 2 aliphatic heterocycles. The Morgan fingerprint density at radius 2 is 1.38 bits per heavy atom. The molecule has 4 heteroatoms. The van der Waals surface area contributed by atoms with Gasteiger partial charge in [0.2, 0.25) is 5.41 Å². The molecule has 13 heavy (non-hydrogen) atoms. The van der Waals surface area contributed by atoms with Gasteiger partial charge in [0.1, 0.15) is 11.5 Å². The van der Waals surface area contributed by atoms with Gasteiger partial charge in [0.05, 0.1) is 0 Å². The fourth-order valence-electron chi connectivity index (χ4n) is 1.52. The monoisotopic (exact) mass is 180 g/mol. The molecule has 0 atom stereocenters. The van der Waals surface area contributed by atoms with Crippen LogP contribution in [-0.2, 0) is 19.1 Å². The molecule has 1 spiro atoms. The number of carbonyl (C=O) groups excluding carboxylic acids is 2. The lowest BCUT2D eigenvalue weighted by atomic mass is 9.90. The van der Waals surface area contributed by atoms with Crippen molar-refractivity contribution in [3.05, 3.63) is 23.7 Å². The summed E-state index contributed by atoms with van der Waals surface area (Å²) in [5.74, 6) is -0.278. The lowest BCUT2D eigenvalue weighted by molar-refractivity contribution is -0.154. The smallest absolute Gasteiger partial charge is 0.336 e. The standard InChI is InChI=1S/C9H8O4/c1-5-3-9(7(10)12-5)4-6(2)13-8(9)11/h3-4H,1-2H3. The van der Waals surface area contributed by atoms with Gasteiger partial charge < -0.3 is 9.47 Å². The highest BCUT2D eigenvalue weighted by molar-refractivity contribution is 6.08. The molecule has 0 aromatic carbocycles. The minimum Gasteiger partial charge on any atom is -0.430 e. The van der Waals surface area contributed by atoms with Crippen LogP contribution in [0.1, 0.15) is 13.8 Å². The van der Waals surface area contributed by atoms with Gasteiger partial charge in [-0.05, 0) is 26.0 Å². The quantitative estimate of drug-likeness (QED) is 0.410. The lowest BCUT2D eigenvalue weighted by Gasteiger charge is -2.08. The summed E-state index contributed by atoms with van der Waals surface area (Å²) in [5, 5.41) is 0. The van der Waals surface area contributed by atoms with E-state index in [1.807, 2.05) is 0 Å². The Morgan fingerprint density at radius 3 is 1.62 bits per heavy atom. The van der Waals surface area contributed by atoms with Crippen molar-refractivity contribution in [3.8, 4) is 0 Å². The van der Waals surface area contributed by atoms with Crippen molar-refractivity contribution in [2.45, 2.75) is 13.8 Å². The van der Waals surface area contributed by atoms with Gasteiger partial charge in [-0.3, -0.25) is 0 Å². The SMILES string of the molecule is CC1=CC2(C=C(C)OC2=O)C(=O)O1. The maximum Gasteiger partial charge on any atom is 0.336 e. The molecule has 4 nitrogen and oxygen atoms in total. The molecular formula is C9H8O4.